The molecule has 2 aromatic rings. The number of nitrogens with one attached hydrogen (secondary N) is 1. The maximum Gasteiger partial charge on any atom is 0.262 e. The lowest BCUT2D eigenvalue weighted by Gasteiger charge is -2.40. The Balaban J connectivity index is 1.46. The number of thiophene rings is 1. The SMILES string of the molecule is Cc1ccc(C(=O)N2CCC([C@H](NC(=O)c3cccs3)C(=O)N3CCCC[C@H]3C)CC2)cc1. The van der Waals surface area contributed by atoms with Gasteiger partial charge in [-0.05, 0) is 75.4 Å². The first-order valence-electron chi connectivity index (χ1n) is 11.9. The summed E-state index contributed by atoms with van der Waals surface area (Å²) >= 11 is 1.38. The van der Waals surface area contributed by atoms with E-state index in [0.29, 0.717) is 36.4 Å². The lowest BCUT2D eigenvalue weighted by atomic mass is 9.87. The summed E-state index contributed by atoms with van der Waals surface area (Å²) < 4.78 is 0. The van der Waals surface area contributed by atoms with Gasteiger partial charge in [0, 0.05) is 31.2 Å². The number of nitrogens with zero attached hydrogens (tertiary/aromatic N) is 2. The van der Waals surface area contributed by atoms with E-state index in [0.717, 1.165) is 31.4 Å². The van der Waals surface area contributed by atoms with Crippen LogP contribution in [-0.4, -0.2) is 59.2 Å². The number of amides is 3. The van der Waals surface area contributed by atoms with E-state index in [-0.39, 0.29) is 29.7 Å². The van der Waals surface area contributed by atoms with E-state index >= 15 is 0 Å². The Kier molecular flexibility index (Phi) is 7.48. The highest BCUT2D eigenvalue weighted by molar-refractivity contribution is 7.12. The Morgan fingerprint density at radius 3 is 2.36 bits per heavy atom. The molecule has 2 atom stereocenters. The molecule has 0 spiro atoms. The van der Waals surface area contributed by atoms with Crippen LogP contribution in [0.3, 0.4) is 0 Å². The number of aryl methyl sites for hydroxylation is 1. The fourth-order valence-electron chi connectivity index (χ4n) is 4.92. The normalized spacial score (nSPS) is 20.4. The van der Waals surface area contributed by atoms with Crippen molar-refractivity contribution in [2.75, 3.05) is 19.6 Å². The van der Waals surface area contributed by atoms with Gasteiger partial charge in [0.15, 0.2) is 0 Å². The predicted molar refractivity (Wildman–Crippen MR) is 130 cm³/mol. The molecule has 1 N–H and O–H groups in total. The zero-order valence-electron chi connectivity index (χ0n) is 19.5. The van der Waals surface area contributed by atoms with E-state index in [1.165, 1.54) is 11.3 Å². The maximum atomic E-state index is 13.6. The van der Waals surface area contributed by atoms with Crippen molar-refractivity contribution in [3.63, 3.8) is 0 Å². The summed E-state index contributed by atoms with van der Waals surface area (Å²) in [4.78, 5) is 43.9. The Bertz CT molecular complexity index is 965. The van der Waals surface area contributed by atoms with Crippen LogP contribution < -0.4 is 5.32 Å². The average Bonchev–Trinajstić information content (AvgIpc) is 3.38. The molecule has 0 aliphatic carbocycles. The number of carbonyl (C=O) groups is 3. The Morgan fingerprint density at radius 1 is 1.00 bits per heavy atom. The summed E-state index contributed by atoms with van der Waals surface area (Å²) in [6.45, 7) is 6.02. The Labute approximate surface area is 200 Å². The number of likely N-dealkylation sites (tertiary alicyclic amines) is 2. The van der Waals surface area contributed by atoms with Crippen molar-refractivity contribution >= 4 is 29.1 Å². The number of piperidine rings is 2. The molecule has 4 rings (SSSR count). The molecule has 0 saturated carbocycles. The van der Waals surface area contributed by atoms with Crippen LogP contribution in [0.15, 0.2) is 41.8 Å². The first-order valence-corrected chi connectivity index (χ1v) is 12.8. The van der Waals surface area contributed by atoms with Crippen LogP contribution in [0, 0.1) is 12.8 Å². The molecule has 7 heteroatoms. The van der Waals surface area contributed by atoms with Gasteiger partial charge in [0.05, 0.1) is 4.88 Å². The van der Waals surface area contributed by atoms with Crippen molar-refractivity contribution in [3.05, 3.63) is 57.8 Å². The van der Waals surface area contributed by atoms with Gasteiger partial charge in [-0.15, -0.1) is 11.3 Å². The van der Waals surface area contributed by atoms with Crippen molar-refractivity contribution in [1.82, 2.24) is 15.1 Å². The summed E-state index contributed by atoms with van der Waals surface area (Å²) in [6.07, 6.45) is 4.53. The van der Waals surface area contributed by atoms with E-state index < -0.39 is 6.04 Å². The first-order chi connectivity index (χ1) is 15.9. The van der Waals surface area contributed by atoms with Crippen LogP contribution in [-0.2, 0) is 4.79 Å². The second-order valence-electron chi connectivity index (χ2n) is 9.30. The second kappa shape index (κ2) is 10.5. The minimum Gasteiger partial charge on any atom is -0.339 e. The van der Waals surface area contributed by atoms with Crippen LogP contribution in [0.4, 0.5) is 0 Å². The van der Waals surface area contributed by atoms with Crippen molar-refractivity contribution in [2.24, 2.45) is 5.92 Å². The van der Waals surface area contributed by atoms with Crippen LogP contribution in [0.1, 0.15) is 64.6 Å². The van der Waals surface area contributed by atoms with Crippen molar-refractivity contribution < 1.29 is 14.4 Å². The lowest BCUT2D eigenvalue weighted by Crippen LogP contribution is -2.57. The third-order valence-electron chi connectivity index (χ3n) is 6.98. The van der Waals surface area contributed by atoms with Crippen LogP contribution in [0.5, 0.6) is 0 Å². The summed E-state index contributed by atoms with van der Waals surface area (Å²) in [5.41, 5.74) is 1.82. The molecule has 2 aliphatic rings. The molecule has 1 aromatic carbocycles. The van der Waals surface area contributed by atoms with Gasteiger partial charge in [-0.3, -0.25) is 14.4 Å². The molecular formula is C26H33N3O3S. The molecule has 0 unspecified atom stereocenters. The topological polar surface area (TPSA) is 69.7 Å². The largest absolute Gasteiger partial charge is 0.339 e. The molecule has 176 valence electrons. The molecule has 3 heterocycles. The summed E-state index contributed by atoms with van der Waals surface area (Å²) in [7, 11) is 0. The minimum absolute atomic E-state index is 0.0117. The minimum atomic E-state index is -0.559. The van der Waals surface area contributed by atoms with E-state index in [1.54, 1.807) is 6.07 Å². The molecule has 2 saturated heterocycles. The van der Waals surface area contributed by atoms with Gasteiger partial charge < -0.3 is 15.1 Å². The monoisotopic (exact) mass is 467 g/mol. The van der Waals surface area contributed by atoms with Crippen molar-refractivity contribution in [3.8, 4) is 0 Å². The molecule has 1 aromatic heterocycles. The highest BCUT2D eigenvalue weighted by Crippen LogP contribution is 2.26. The number of hydrogen-bond donors (Lipinski definition) is 1. The van der Waals surface area contributed by atoms with E-state index in [2.05, 4.69) is 12.2 Å². The molecular weight excluding hydrogens is 434 g/mol. The zero-order valence-corrected chi connectivity index (χ0v) is 20.3. The van der Waals surface area contributed by atoms with Crippen molar-refractivity contribution in [2.45, 2.75) is 58.0 Å². The van der Waals surface area contributed by atoms with Gasteiger partial charge in [0.1, 0.15) is 6.04 Å². The molecule has 2 aliphatic heterocycles. The van der Waals surface area contributed by atoms with Gasteiger partial charge in [0.2, 0.25) is 5.91 Å². The van der Waals surface area contributed by atoms with Crippen LogP contribution >= 0.6 is 11.3 Å². The van der Waals surface area contributed by atoms with Gasteiger partial charge in [-0.1, -0.05) is 23.8 Å². The first kappa shape index (κ1) is 23.5. The zero-order chi connectivity index (χ0) is 23.4. The standard InChI is InChI=1S/C26H33N3O3S/c1-18-8-10-21(11-9-18)25(31)28-15-12-20(13-16-28)23(27-24(30)22-7-5-17-33-22)26(32)29-14-4-3-6-19(29)2/h5,7-11,17,19-20,23H,3-4,6,12-16H2,1-2H3,(H,27,30)/t19-,23+/m1/s1. The Hall–Kier alpha value is -2.67. The lowest BCUT2D eigenvalue weighted by molar-refractivity contribution is -0.138. The fraction of sp³-hybridized carbons (Fsp3) is 0.500. The predicted octanol–water partition coefficient (Wildman–Crippen LogP) is 4.11. The smallest absolute Gasteiger partial charge is 0.262 e. The van der Waals surface area contributed by atoms with Gasteiger partial charge in [-0.2, -0.15) is 0 Å². The number of rotatable bonds is 5. The number of hydrogen-bond acceptors (Lipinski definition) is 4. The summed E-state index contributed by atoms with van der Waals surface area (Å²) in [5.74, 6) is -0.122. The molecule has 33 heavy (non-hydrogen) atoms. The number of benzene rings is 1. The highest BCUT2D eigenvalue weighted by atomic mass is 32.1. The quantitative estimate of drug-likeness (QED) is 0.720. The number of carbonyl (C=O) groups excluding carboxylic acids is 3. The maximum absolute atomic E-state index is 13.6. The molecule has 3 amide bonds. The molecule has 0 radical (unpaired) electrons. The third-order valence-corrected chi connectivity index (χ3v) is 7.85. The van der Waals surface area contributed by atoms with E-state index in [9.17, 15) is 14.4 Å². The molecule has 2 fully saturated rings. The van der Waals surface area contributed by atoms with Crippen LogP contribution in [0.25, 0.3) is 0 Å². The van der Waals surface area contributed by atoms with Gasteiger partial charge in [-0.25, -0.2) is 0 Å². The summed E-state index contributed by atoms with van der Waals surface area (Å²) in [5, 5.41) is 4.93. The van der Waals surface area contributed by atoms with Crippen LogP contribution in [0.2, 0.25) is 0 Å². The molecule has 6 nitrogen and oxygen atoms in total. The fourth-order valence-corrected chi connectivity index (χ4v) is 5.55. The van der Waals surface area contributed by atoms with Crippen molar-refractivity contribution in [1.29, 1.82) is 0 Å². The highest BCUT2D eigenvalue weighted by Gasteiger charge is 2.38. The van der Waals surface area contributed by atoms with E-state index in [1.807, 2.05) is 52.4 Å². The summed E-state index contributed by atoms with van der Waals surface area (Å²) in [6, 6.07) is 10.9. The Morgan fingerprint density at radius 2 is 1.73 bits per heavy atom. The second-order valence-corrected chi connectivity index (χ2v) is 10.2. The third kappa shape index (κ3) is 5.46. The van der Waals surface area contributed by atoms with Gasteiger partial charge >= 0.3 is 0 Å². The molecule has 0 bridgehead atoms. The van der Waals surface area contributed by atoms with Gasteiger partial charge in [0.25, 0.3) is 11.8 Å². The van der Waals surface area contributed by atoms with E-state index in [4.69, 9.17) is 0 Å². The average molecular weight is 468 g/mol.